The molecule has 14 heavy (non-hydrogen) atoms. The normalized spacial score (nSPS) is 18.6. The smallest absolute Gasteiger partial charge is 0.0414 e. The summed E-state index contributed by atoms with van der Waals surface area (Å²) in [6.45, 7) is 5.36. The van der Waals surface area contributed by atoms with E-state index in [2.05, 4.69) is 36.1 Å². The monoisotopic (exact) mass is 192 g/mol. The second kappa shape index (κ2) is 3.98. The zero-order valence-electron chi connectivity index (χ0n) is 8.48. The average Bonchev–Trinajstić information content (AvgIpc) is 2.21. The van der Waals surface area contributed by atoms with Gasteiger partial charge in [0.1, 0.15) is 0 Å². The van der Waals surface area contributed by atoms with Gasteiger partial charge in [0.15, 0.2) is 0 Å². The topological polar surface area (TPSA) is 26.7 Å². The first-order chi connectivity index (χ1) is 6.75. The molecule has 0 atom stereocenters. The largest absolute Gasteiger partial charge is 0.369 e. The Morgan fingerprint density at radius 1 is 1.00 bits per heavy atom. The molecular formula is C11H16N2O. The van der Waals surface area contributed by atoms with Crippen LogP contribution in [0.1, 0.15) is 5.56 Å². The van der Waals surface area contributed by atoms with Crippen molar-refractivity contribution in [3.05, 3.63) is 29.8 Å². The van der Waals surface area contributed by atoms with E-state index in [1.165, 1.54) is 16.3 Å². The summed E-state index contributed by atoms with van der Waals surface area (Å²) in [6.07, 6.45) is 0. The molecule has 0 aromatic heterocycles. The van der Waals surface area contributed by atoms with E-state index in [4.69, 9.17) is 0 Å². The molecule has 1 aromatic rings. The van der Waals surface area contributed by atoms with Crippen LogP contribution in [-0.4, -0.2) is 36.4 Å². The van der Waals surface area contributed by atoms with Crippen LogP contribution in [-0.2, 0) is 0 Å². The highest BCUT2D eigenvalue weighted by Gasteiger charge is 2.14. The lowest BCUT2D eigenvalue weighted by atomic mass is 10.2. The Morgan fingerprint density at radius 3 is 2.14 bits per heavy atom. The van der Waals surface area contributed by atoms with Crippen molar-refractivity contribution in [2.45, 2.75) is 6.92 Å². The number of benzene rings is 1. The number of nitrogens with zero attached hydrogens (tertiary/aromatic N) is 2. The molecule has 0 saturated carbocycles. The molecule has 1 aliphatic rings. The van der Waals surface area contributed by atoms with E-state index in [0.717, 1.165) is 26.2 Å². The van der Waals surface area contributed by atoms with Gasteiger partial charge in [-0.15, -0.1) is 0 Å². The fraction of sp³-hybridized carbons (Fsp3) is 0.455. The molecular weight excluding hydrogens is 176 g/mol. The maximum Gasteiger partial charge on any atom is 0.0414 e. The summed E-state index contributed by atoms with van der Waals surface area (Å²) < 4.78 is 0. The Labute approximate surface area is 84.5 Å². The van der Waals surface area contributed by atoms with Crippen LogP contribution in [0.4, 0.5) is 5.69 Å². The lowest BCUT2D eigenvalue weighted by Gasteiger charge is -2.32. The molecule has 1 fully saturated rings. The predicted octanol–water partition coefficient (Wildman–Crippen LogP) is 1.51. The minimum atomic E-state index is 0.730. The minimum Gasteiger partial charge on any atom is -0.369 e. The van der Waals surface area contributed by atoms with Crippen LogP contribution in [0.2, 0.25) is 0 Å². The third-order valence-electron chi connectivity index (χ3n) is 2.66. The summed E-state index contributed by atoms with van der Waals surface area (Å²) in [5.41, 5.74) is 2.54. The second-order valence-electron chi connectivity index (χ2n) is 3.78. The van der Waals surface area contributed by atoms with Crippen LogP contribution < -0.4 is 4.90 Å². The summed E-state index contributed by atoms with van der Waals surface area (Å²) >= 11 is 0. The Balaban J connectivity index is 2.05. The van der Waals surface area contributed by atoms with Gasteiger partial charge in [-0.25, -0.2) is 0 Å². The van der Waals surface area contributed by atoms with Crippen LogP contribution in [0.25, 0.3) is 0 Å². The van der Waals surface area contributed by atoms with E-state index in [-0.39, 0.29) is 0 Å². The Morgan fingerprint density at radius 2 is 1.57 bits per heavy atom. The molecule has 0 bridgehead atoms. The van der Waals surface area contributed by atoms with Crippen LogP contribution >= 0.6 is 0 Å². The third-order valence-corrected chi connectivity index (χ3v) is 2.66. The van der Waals surface area contributed by atoms with Crippen molar-refractivity contribution in [3.63, 3.8) is 0 Å². The van der Waals surface area contributed by atoms with E-state index in [9.17, 15) is 5.21 Å². The van der Waals surface area contributed by atoms with Gasteiger partial charge in [-0.2, -0.15) is 5.06 Å². The molecule has 3 nitrogen and oxygen atoms in total. The van der Waals surface area contributed by atoms with Crippen LogP contribution in [0.15, 0.2) is 24.3 Å². The van der Waals surface area contributed by atoms with Crippen molar-refractivity contribution in [2.75, 3.05) is 31.1 Å². The highest BCUT2D eigenvalue weighted by Crippen LogP contribution is 2.16. The molecule has 0 spiro atoms. The molecule has 2 rings (SSSR count). The Hall–Kier alpha value is -1.06. The van der Waals surface area contributed by atoms with E-state index < -0.39 is 0 Å². The van der Waals surface area contributed by atoms with Gasteiger partial charge in [0.05, 0.1) is 0 Å². The highest BCUT2D eigenvalue weighted by atomic mass is 16.5. The average molecular weight is 192 g/mol. The van der Waals surface area contributed by atoms with E-state index in [1.807, 2.05) is 0 Å². The fourth-order valence-electron chi connectivity index (χ4n) is 1.71. The first-order valence-electron chi connectivity index (χ1n) is 5.01. The number of hydroxylamine groups is 2. The number of rotatable bonds is 1. The van der Waals surface area contributed by atoms with Crippen molar-refractivity contribution in [3.8, 4) is 0 Å². The second-order valence-corrected chi connectivity index (χ2v) is 3.78. The molecule has 0 radical (unpaired) electrons. The van der Waals surface area contributed by atoms with Crippen LogP contribution in [0.3, 0.4) is 0 Å². The first-order valence-corrected chi connectivity index (χ1v) is 5.01. The highest BCUT2D eigenvalue weighted by molar-refractivity contribution is 5.47. The maximum absolute atomic E-state index is 9.22. The van der Waals surface area contributed by atoms with Gasteiger partial charge in [-0.05, 0) is 19.1 Å². The van der Waals surface area contributed by atoms with Gasteiger partial charge in [-0.3, -0.25) is 0 Å². The number of hydrogen-bond acceptors (Lipinski definition) is 3. The molecule has 0 aliphatic carbocycles. The molecule has 1 N–H and O–H groups in total. The van der Waals surface area contributed by atoms with Crippen molar-refractivity contribution < 1.29 is 5.21 Å². The van der Waals surface area contributed by atoms with Crippen LogP contribution in [0.5, 0.6) is 0 Å². The van der Waals surface area contributed by atoms with Gasteiger partial charge >= 0.3 is 0 Å². The minimum absolute atomic E-state index is 0.730. The number of hydrogen-bond donors (Lipinski definition) is 1. The SMILES string of the molecule is Cc1ccc(N2CCN(O)CC2)cc1. The summed E-state index contributed by atoms with van der Waals surface area (Å²) in [4.78, 5) is 2.30. The van der Waals surface area contributed by atoms with Gasteiger partial charge in [0, 0.05) is 31.9 Å². The van der Waals surface area contributed by atoms with Gasteiger partial charge in [0.25, 0.3) is 0 Å². The quantitative estimate of drug-likeness (QED) is 0.730. The van der Waals surface area contributed by atoms with E-state index >= 15 is 0 Å². The molecule has 1 aromatic carbocycles. The van der Waals surface area contributed by atoms with E-state index in [1.54, 1.807) is 0 Å². The molecule has 1 aliphatic heterocycles. The van der Waals surface area contributed by atoms with Gasteiger partial charge < -0.3 is 10.1 Å². The zero-order chi connectivity index (χ0) is 9.97. The molecule has 0 unspecified atom stereocenters. The zero-order valence-corrected chi connectivity index (χ0v) is 8.48. The first kappa shape index (κ1) is 9.49. The lowest BCUT2D eigenvalue weighted by Crippen LogP contribution is -2.44. The summed E-state index contributed by atoms with van der Waals surface area (Å²) in [5, 5.41) is 10.6. The van der Waals surface area contributed by atoms with Crippen molar-refractivity contribution >= 4 is 5.69 Å². The van der Waals surface area contributed by atoms with Crippen molar-refractivity contribution in [1.82, 2.24) is 5.06 Å². The Kier molecular flexibility index (Phi) is 2.70. The summed E-state index contributed by atoms with van der Waals surface area (Å²) in [7, 11) is 0. The van der Waals surface area contributed by atoms with Gasteiger partial charge in [0.2, 0.25) is 0 Å². The summed E-state index contributed by atoms with van der Waals surface area (Å²) in [5.74, 6) is 0. The lowest BCUT2D eigenvalue weighted by molar-refractivity contribution is -0.0935. The standard InChI is InChI=1S/C11H16N2O/c1-10-2-4-11(5-3-10)12-6-8-13(14)9-7-12/h2-5,14H,6-9H2,1H3. The van der Waals surface area contributed by atoms with Crippen molar-refractivity contribution in [1.29, 1.82) is 0 Å². The molecule has 3 heteroatoms. The number of aryl methyl sites for hydroxylation is 1. The van der Waals surface area contributed by atoms with Crippen LogP contribution in [0, 0.1) is 6.92 Å². The summed E-state index contributed by atoms with van der Waals surface area (Å²) in [6, 6.07) is 8.53. The number of anilines is 1. The number of piperazine rings is 1. The predicted molar refractivity (Wildman–Crippen MR) is 56.8 cm³/mol. The maximum atomic E-state index is 9.22. The Bertz CT molecular complexity index is 289. The molecule has 1 heterocycles. The van der Waals surface area contributed by atoms with E-state index in [0.29, 0.717) is 0 Å². The van der Waals surface area contributed by atoms with Crippen molar-refractivity contribution in [2.24, 2.45) is 0 Å². The fourth-order valence-corrected chi connectivity index (χ4v) is 1.71. The molecule has 76 valence electrons. The molecule has 1 saturated heterocycles. The third kappa shape index (κ3) is 2.05. The molecule has 0 amide bonds. The van der Waals surface area contributed by atoms with Gasteiger partial charge in [-0.1, -0.05) is 17.7 Å².